The fourth-order valence-electron chi connectivity index (χ4n) is 2.78. The number of nitrogens with one attached hydrogen (secondary N) is 1. The van der Waals surface area contributed by atoms with Gasteiger partial charge in [0, 0.05) is 15.1 Å². The molecule has 2 aromatic carbocycles. The number of furan rings is 1. The SMILES string of the molecule is O=C(NCc1ccc(C(O)c2ccccc2)s1)c1cc2ccccc2o1. The van der Waals surface area contributed by atoms with E-state index in [2.05, 4.69) is 5.32 Å². The first-order valence-corrected chi connectivity index (χ1v) is 9.11. The van der Waals surface area contributed by atoms with Gasteiger partial charge in [0.1, 0.15) is 11.7 Å². The Morgan fingerprint density at radius 2 is 1.81 bits per heavy atom. The van der Waals surface area contributed by atoms with Crippen molar-refractivity contribution in [2.45, 2.75) is 12.6 Å². The van der Waals surface area contributed by atoms with Crippen molar-refractivity contribution in [1.82, 2.24) is 5.32 Å². The molecule has 0 saturated heterocycles. The van der Waals surface area contributed by atoms with Gasteiger partial charge in [0.25, 0.3) is 5.91 Å². The molecule has 0 radical (unpaired) electrons. The van der Waals surface area contributed by atoms with Crippen LogP contribution in [-0.4, -0.2) is 11.0 Å². The van der Waals surface area contributed by atoms with Gasteiger partial charge in [-0.05, 0) is 29.8 Å². The van der Waals surface area contributed by atoms with Crippen LogP contribution in [0.5, 0.6) is 0 Å². The molecule has 0 bridgehead atoms. The number of rotatable bonds is 5. The van der Waals surface area contributed by atoms with Crippen molar-refractivity contribution in [3.05, 3.63) is 93.9 Å². The standard InChI is InChI=1S/C21H17NO3S/c23-20(14-6-2-1-3-7-14)19-11-10-16(26-19)13-22-21(24)18-12-15-8-4-5-9-17(15)25-18/h1-12,20,23H,13H2,(H,22,24). The Morgan fingerprint density at radius 3 is 2.62 bits per heavy atom. The third-order valence-corrected chi connectivity index (χ3v) is 5.28. The summed E-state index contributed by atoms with van der Waals surface area (Å²) in [6.45, 7) is 0.391. The maximum Gasteiger partial charge on any atom is 0.287 e. The highest BCUT2D eigenvalue weighted by Crippen LogP contribution is 2.28. The molecule has 5 heteroatoms. The van der Waals surface area contributed by atoms with E-state index in [0.29, 0.717) is 17.9 Å². The lowest BCUT2D eigenvalue weighted by Gasteiger charge is -2.08. The number of aliphatic hydroxyl groups is 1. The number of benzene rings is 2. The van der Waals surface area contributed by atoms with E-state index in [-0.39, 0.29) is 5.91 Å². The van der Waals surface area contributed by atoms with Gasteiger partial charge in [-0.25, -0.2) is 0 Å². The van der Waals surface area contributed by atoms with E-state index in [1.165, 1.54) is 11.3 Å². The molecule has 0 aliphatic heterocycles. The molecule has 1 atom stereocenters. The lowest BCUT2D eigenvalue weighted by Crippen LogP contribution is -2.21. The average Bonchev–Trinajstić information content (AvgIpc) is 3.33. The zero-order valence-electron chi connectivity index (χ0n) is 13.9. The fourth-order valence-corrected chi connectivity index (χ4v) is 3.75. The van der Waals surface area contributed by atoms with E-state index in [1.807, 2.05) is 66.7 Å². The minimum absolute atomic E-state index is 0.250. The summed E-state index contributed by atoms with van der Waals surface area (Å²) in [5.74, 6) is 0.0482. The van der Waals surface area contributed by atoms with Gasteiger partial charge in [-0.3, -0.25) is 4.79 Å². The number of hydrogen-bond donors (Lipinski definition) is 2. The van der Waals surface area contributed by atoms with Crippen LogP contribution >= 0.6 is 11.3 Å². The summed E-state index contributed by atoms with van der Waals surface area (Å²) in [4.78, 5) is 14.1. The van der Waals surface area contributed by atoms with E-state index < -0.39 is 6.10 Å². The van der Waals surface area contributed by atoms with Crippen LogP contribution in [0.1, 0.15) is 32.0 Å². The van der Waals surface area contributed by atoms with Crippen LogP contribution in [0.2, 0.25) is 0 Å². The van der Waals surface area contributed by atoms with Crippen molar-refractivity contribution >= 4 is 28.2 Å². The monoisotopic (exact) mass is 363 g/mol. The molecule has 0 aliphatic rings. The summed E-state index contributed by atoms with van der Waals surface area (Å²) < 4.78 is 5.57. The van der Waals surface area contributed by atoms with E-state index in [4.69, 9.17) is 4.42 Å². The predicted molar refractivity (Wildman–Crippen MR) is 102 cm³/mol. The van der Waals surface area contributed by atoms with Crippen molar-refractivity contribution in [3.63, 3.8) is 0 Å². The van der Waals surface area contributed by atoms with Crippen LogP contribution in [0.25, 0.3) is 11.0 Å². The number of amides is 1. The van der Waals surface area contributed by atoms with E-state index in [0.717, 1.165) is 20.7 Å². The third kappa shape index (κ3) is 3.40. The molecule has 4 rings (SSSR count). The third-order valence-electron chi connectivity index (χ3n) is 4.14. The van der Waals surface area contributed by atoms with Crippen LogP contribution in [0, 0.1) is 0 Å². The summed E-state index contributed by atoms with van der Waals surface area (Å²) in [5.41, 5.74) is 1.55. The Labute approximate surface area is 154 Å². The summed E-state index contributed by atoms with van der Waals surface area (Å²) >= 11 is 1.48. The lowest BCUT2D eigenvalue weighted by atomic mass is 10.1. The Morgan fingerprint density at radius 1 is 1.04 bits per heavy atom. The minimum atomic E-state index is -0.652. The molecular formula is C21H17NO3S. The van der Waals surface area contributed by atoms with E-state index in [9.17, 15) is 9.90 Å². The lowest BCUT2D eigenvalue weighted by molar-refractivity contribution is 0.0925. The van der Waals surface area contributed by atoms with Gasteiger partial charge in [0.05, 0.1) is 6.54 Å². The topological polar surface area (TPSA) is 62.5 Å². The first-order valence-electron chi connectivity index (χ1n) is 8.29. The van der Waals surface area contributed by atoms with Crippen molar-refractivity contribution in [1.29, 1.82) is 0 Å². The zero-order chi connectivity index (χ0) is 17.9. The normalized spacial score (nSPS) is 12.2. The van der Waals surface area contributed by atoms with Crippen LogP contribution in [-0.2, 0) is 6.54 Å². The quantitative estimate of drug-likeness (QED) is 0.548. The summed E-state index contributed by atoms with van der Waals surface area (Å²) in [6, 6.07) is 22.6. The Balaban J connectivity index is 1.42. The predicted octanol–water partition coefficient (Wildman–Crippen LogP) is 4.51. The molecule has 4 aromatic rings. The molecule has 130 valence electrons. The van der Waals surface area contributed by atoms with Crippen LogP contribution in [0.4, 0.5) is 0 Å². The number of aliphatic hydroxyl groups excluding tert-OH is 1. The molecule has 1 amide bonds. The first kappa shape index (κ1) is 16.6. The van der Waals surface area contributed by atoms with Gasteiger partial charge in [-0.15, -0.1) is 11.3 Å². The molecule has 0 fully saturated rings. The zero-order valence-corrected chi connectivity index (χ0v) is 14.7. The molecule has 0 spiro atoms. The van der Waals surface area contributed by atoms with Gasteiger partial charge in [-0.1, -0.05) is 48.5 Å². The van der Waals surface area contributed by atoms with Gasteiger partial charge in [-0.2, -0.15) is 0 Å². The van der Waals surface area contributed by atoms with E-state index in [1.54, 1.807) is 6.07 Å². The Hall–Kier alpha value is -2.89. The fraction of sp³-hybridized carbons (Fsp3) is 0.0952. The summed E-state index contributed by atoms with van der Waals surface area (Å²) in [7, 11) is 0. The second-order valence-electron chi connectivity index (χ2n) is 5.95. The van der Waals surface area contributed by atoms with Crippen LogP contribution < -0.4 is 5.32 Å². The molecule has 1 unspecified atom stereocenters. The number of para-hydroxylation sites is 1. The second-order valence-corrected chi connectivity index (χ2v) is 7.15. The minimum Gasteiger partial charge on any atom is -0.451 e. The van der Waals surface area contributed by atoms with E-state index >= 15 is 0 Å². The second kappa shape index (κ2) is 7.15. The Bertz CT molecular complexity index is 1000. The number of hydrogen-bond acceptors (Lipinski definition) is 4. The van der Waals surface area contributed by atoms with Crippen molar-refractivity contribution in [3.8, 4) is 0 Å². The summed E-state index contributed by atoms with van der Waals surface area (Å²) in [5, 5.41) is 14.2. The highest BCUT2D eigenvalue weighted by Gasteiger charge is 2.15. The van der Waals surface area contributed by atoms with Crippen LogP contribution in [0.15, 0.2) is 77.2 Å². The molecule has 4 nitrogen and oxygen atoms in total. The largest absolute Gasteiger partial charge is 0.451 e. The molecule has 26 heavy (non-hydrogen) atoms. The maximum absolute atomic E-state index is 12.3. The van der Waals surface area contributed by atoms with Crippen molar-refractivity contribution < 1.29 is 14.3 Å². The van der Waals surface area contributed by atoms with Gasteiger partial charge in [0.15, 0.2) is 5.76 Å². The average molecular weight is 363 g/mol. The maximum atomic E-state index is 12.3. The number of carbonyl (C=O) groups excluding carboxylic acids is 1. The van der Waals surface area contributed by atoms with Gasteiger partial charge in [0.2, 0.25) is 0 Å². The molecule has 2 N–H and O–H groups in total. The molecule has 0 saturated carbocycles. The molecule has 2 aromatic heterocycles. The van der Waals surface area contributed by atoms with Gasteiger partial charge < -0.3 is 14.8 Å². The molecule has 2 heterocycles. The molecular weight excluding hydrogens is 346 g/mol. The van der Waals surface area contributed by atoms with Crippen molar-refractivity contribution in [2.24, 2.45) is 0 Å². The van der Waals surface area contributed by atoms with Gasteiger partial charge >= 0.3 is 0 Å². The highest BCUT2D eigenvalue weighted by atomic mass is 32.1. The highest BCUT2D eigenvalue weighted by molar-refractivity contribution is 7.12. The smallest absolute Gasteiger partial charge is 0.287 e. The Kier molecular flexibility index (Phi) is 4.56. The summed E-state index contributed by atoms with van der Waals surface area (Å²) in [6.07, 6.45) is -0.652. The first-order chi connectivity index (χ1) is 12.7. The van der Waals surface area contributed by atoms with Crippen molar-refractivity contribution in [2.75, 3.05) is 0 Å². The van der Waals surface area contributed by atoms with Crippen LogP contribution in [0.3, 0.4) is 0 Å². The number of fused-ring (bicyclic) bond motifs is 1. The molecule has 0 aliphatic carbocycles. The number of carbonyl (C=O) groups is 1. The number of thiophene rings is 1.